The third kappa shape index (κ3) is 3.24. The first-order valence-electron chi connectivity index (χ1n) is 8.48. The van der Waals surface area contributed by atoms with E-state index in [1.165, 1.54) is 6.07 Å². The summed E-state index contributed by atoms with van der Waals surface area (Å²) in [5.41, 5.74) is 0.149. The molecule has 0 unspecified atom stereocenters. The fraction of sp³-hybridized carbons (Fsp3) is 0.389. The van der Waals surface area contributed by atoms with E-state index in [4.69, 9.17) is 4.74 Å². The number of hydrogen-bond donors (Lipinski definition) is 1. The minimum atomic E-state index is -1.02. The second kappa shape index (κ2) is 6.95. The minimum Gasteiger partial charge on any atom is -0.376 e. The van der Waals surface area contributed by atoms with Gasteiger partial charge in [-0.1, -0.05) is 0 Å². The number of carbonyl (C=O) groups is 1. The Kier molecular flexibility index (Phi) is 4.50. The van der Waals surface area contributed by atoms with E-state index >= 15 is 0 Å². The molecule has 136 valence electrons. The minimum absolute atomic E-state index is 0.0345. The van der Waals surface area contributed by atoms with Gasteiger partial charge in [0.05, 0.1) is 12.7 Å². The number of likely N-dealkylation sites (tertiary alicyclic amines) is 1. The van der Waals surface area contributed by atoms with E-state index in [1.807, 2.05) is 0 Å². The molecule has 26 heavy (non-hydrogen) atoms. The van der Waals surface area contributed by atoms with Crippen LogP contribution in [0, 0.1) is 23.5 Å². The van der Waals surface area contributed by atoms with E-state index in [0.717, 1.165) is 12.1 Å². The molecular formula is C18H18F2N4O2. The fourth-order valence-electron chi connectivity index (χ4n) is 3.60. The number of nitrogens with zero attached hydrogens (tertiary/aromatic N) is 3. The van der Waals surface area contributed by atoms with Gasteiger partial charge in [-0.3, -0.25) is 4.79 Å². The number of aromatic nitrogens is 2. The zero-order valence-corrected chi connectivity index (χ0v) is 13.9. The zero-order chi connectivity index (χ0) is 18.1. The Hall–Kier alpha value is -2.61. The van der Waals surface area contributed by atoms with Gasteiger partial charge in [0.1, 0.15) is 0 Å². The highest BCUT2D eigenvalue weighted by Crippen LogP contribution is 2.34. The van der Waals surface area contributed by atoms with Gasteiger partial charge in [0.2, 0.25) is 5.95 Å². The van der Waals surface area contributed by atoms with Crippen molar-refractivity contribution in [3.05, 3.63) is 53.9 Å². The molecule has 1 aromatic heterocycles. The molecule has 3 heterocycles. The molecule has 0 spiro atoms. The lowest BCUT2D eigenvalue weighted by atomic mass is 9.93. The molecule has 0 aliphatic carbocycles. The number of amides is 1. The van der Waals surface area contributed by atoms with Crippen molar-refractivity contribution in [2.45, 2.75) is 6.10 Å². The maximum Gasteiger partial charge on any atom is 0.254 e. The van der Waals surface area contributed by atoms with Gasteiger partial charge in [-0.15, -0.1) is 0 Å². The molecular weight excluding hydrogens is 342 g/mol. The smallest absolute Gasteiger partial charge is 0.254 e. The number of benzene rings is 1. The Labute approximate surface area is 149 Å². The number of hydrogen-bond acceptors (Lipinski definition) is 5. The maximum atomic E-state index is 13.4. The van der Waals surface area contributed by atoms with Crippen molar-refractivity contribution in [1.29, 1.82) is 0 Å². The number of carbonyl (C=O) groups excluding carboxylic acids is 1. The lowest BCUT2D eigenvalue weighted by Crippen LogP contribution is -2.32. The van der Waals surface area contributed by atoms with Crippen molar-refractivity contribution in [1.82, 2.24) is 14.9 Å². The first kappa shape index (κ1) is 16.8. The summed E-state index contributed by atoms with van der Waals surface area (Å²) in [4.78, 5) is 22.5. The molecule has 4 rings (SSSR count). The summed E-state index contributed by atoms with van der Waals surface area (Å²) in [6, 6.07) is 4.97. The highest BCUT2D eigenvalue weighted by Gasteiger charge is 2.45. The highest BCUT2D eigenvalue weighted by atomic mass is 19.2. The van der Waals surface area contributed by atoms with E-state index < -0.39 is 11.6 Å². The van der Waals surface area contributed by atoms with E-state index in [-0.39, 0.29) is 29.4 Å². The fourth-order valence-corrected chi connectivity index (χ4v) is 3.60. The van der Waals surface area contributed by atoms with Crippen LogP contribution in [0.15, 0.2) is 36.7 Å². The molecule has 1 amide bonds. The van der Waals surface area contributed by atoms with E-state index in [9.17, 15) is 13.6 Å². The van der Waals surface area contributed by atoms with Gasteiger partial charge in [-0.05, 0) is 24.3 Å². The van der Waals surface area contributed by atoms with Crippen molar-refractivity contribution in [2.75, 3.05) is 31.6 Å². The van der Waals surface area contributed by atoms with Gasteiger partial charge < -0.3 is 15.0 Å². The van der Waals surface area contributed by atoms with Crippen LogP contribution in [0.1, 0.15) is 10.4 Å². The van der Waals surface area contributed by atoms with Gasteiger partial charge in [0.15, 0.2) is 11.6 Å². The summed E-state index contributed by atoms with van der Waals surface area (Å²) in [5.74, 6) is -1.30. The molecule has 2 fully saturated rings. The van der Waals surface area contributed by atoms with Crippen LogP contribution in [0.2, 0.25) is 0 Å². The number of anilines is 1. The third-order valence-corrected chi connectivity index (χ3v) is 4.98. The number of halogens is 2. The van der Waals surface area contributed by atoms with E-state index in [0.29, 0.717) is 32.2 Å². The van der Waals surface area contributed by atoms with Crippen LogP contribution < -0.4 is 5.32 Å². The topological polar surface area (TPSA) is 67.4 Å². The van der Waals surface area contributed by atoms with Crippen molar-refractivity contribution in [2.24, 2.45) is 11.8 Å². The molecule has 2 saturated heterocycles. The molecule has 1 aromatic carbocycles. The predicted molar refractivity (Wildman–Crippen MR) is 89.5 cm³/mol. The molecule has 1 N–H and O–H groups in total. The Balaban J connectivity index is 1.39. The molecule has 0 radical (unpaired) electrons. The molecule has 2 aromatic rings. The second-order valence-electron chi connectivity index (χ2n) is 6.59. The van der Waals surface area contributed by atoms with Crippen molar-refractivity contribution < 1.29 is 18.3 Å². The summed E-state index contributed by atoms with van der Waals surface area (Å²) in [6.45, 7) is 2.26. The van der Waals surface area contributed by atoms with E-state index in [1.54, 1.807) is 23.4 Å². The number of fused-ring (bicyclic) bond motifs is 1. The number of nitrogens with one attached hydrogen (secondary N) is 1. The van der Waals surface area contributed by atoms with Crippen LogP contribution in [0.3, 0.4) is 0 Å². The van der Waals surface area contributed by atoms with E-state index in [2.05, 4.69) is 15.3 Å². The predicted octanol–water partition coefficient (Wildman–Crippen LogP) is 1.95. The third-order valence-electron chi connectivity index (χ3n) is 4.98. The zero-order valence-electron chi connectivity index (χ0n) is 13.9. The average Bonchev–Trinajstić information content (AvgIpc) is 3.23. The SMILES string of the molecule is O=C(c1ccc(F)c(F)c1)N1C[C@@H]2[C@@H](CNc3ncccn3)CO[C@@H]2C1. The normalized spacial score (nSPS) is 24.5. The van der Waals surface area contributed by atoms with Crippen molar-refractivity contribution >= 4 is 11.9 Å². The summed E-state index contributed by atoms with van der Waals surface area (Å²) in [7, 11) is 0. The molecule has 6 nitrogen and oxygen atoms in total. The monoisotopic (exact) mass is 360 g/mol. The lowest BCUT2D eigenvalue weighted by Gasteiger charge is -2.20. The van der Waals surface area contributed by atoms with Gasteiger partial charge in [0, 0.05) is 49.4 Å². The maximum absolute atomic E-state index is 13.4. The Morgan fingerprint density at radius 2 is 2.04 bits per heavy atom. The highest BCUT2D eigenvalue weighted by molar-refractivity contribution is 5.94. The molecule has 0 bridgehead atoms. The first-order valence-corrected chi connectivity index (χ1v) is 8.48. The Morgan fingerprint density at radius 3 is 2.81 bits per heavy atom. The van der Waals surface area contributed by atoms with Gasteiger partial charge in [0.25, 0.3) is 5.91 Å². The second-order valence-corrected chi connectivity index (χ2v) is 6.59. The quantitative estimate of drug-likeness (QED) is 0.903. The number of ether oxygens (including phenoxy) is 1. The van der Waals surface area contributed by atoms with Gasteiger partial charge in [-0.25, -0.2) is 18.7 Å². The standard InChI is InChI=1S/C18H18F2N4O2/c19-14-3-2-11(6-15(14)20)17(25)24-8-13-12(10-26-16(13)9-24)7-23-18-21-4-1-5-22-18/h1-6,12-13,16H,7-10H2,(H,21,22,23)/t12-,13+,16+/m0/s1. The molecule has 2 aliphatic heterocycles. The van der Waals surface area contributed by atoms with Crippen LogP contribution in [0.25, 0.3) is 0 Å². The lowest BCUT2D eigenvalue weighted by molar-refractivity contribution is 0.0679. The molecule has 2 aliphatic rings. The van der Waals surface area contributed by atoms with Crippen molar-refractivity contribution in [3.63, 3.8) is 0 Å². The molecule has 3 atom stereocenters. The molecule has 0 saturated carbocycles. The summed E-state index contributed by atoms with van der Waals surface area (Å²) in [5, 5.41) is 3.19. The molecule has 8 heteroatoms. The largest absolute Gasteiger partial charge is 0.376 e. The van der Waals surface area contributed by atoms with Crippen LogP contribution in [-0.2, 0) is 4.74 Å². The Morgan fingerprint density at radius 1 is 1.23 bits per heavy atom. The van der Waals surface area contributed by atoms with Crippen LogP contribution in [0.5, 0.6) is 0 Å². The average molecular weight is 360 g/mol. The van der Waals surface area contributed by atoms with Crippen LogP contribution in [0.4, 0.5) is 14.7 Å². The summed E-state index contributed by atoms with van der Waals surface area (Å²) < 4.78 is 32.3. The summed E-state index contributed by atoms with van der Waals surface area (Å²) >= 11 is 0. The van der Waals surface area contributed by atoms with Gasteiger partial charge >= 0.3 is 0 Å². The van der Waals surface area contributed by atoms with Crippen LogP contribution in [-0.4, -0.2) is 53.1 Å². The van der Waals surface area contributed by atoms with Crippen LogP contribution >= 0.6 is 0 Å². The number of rotatable bonds is 4. The van der Waals surface area contributed by atoms with Crippen molar-refractivity contribution in [3.8, 4) is 0 Å². The Bertz CT molecular complexity index is 805. The van der Waals surface area contributed by atoms with Gasteiger partial charge in [-0.2, -0.15) is 0 Å². The summed E-state index contributed by atoms with van der Waals surface area (Å²) in [6.07, 6.45) is 3.30. The first-order chi connectivity index (χ1) is 12.6.